The number of carbonyl (C=O) groups excluding carboxylic acids is 1. The van der Waals surface area contributed by atoms with Crippen molar-refractivity contribution in [1.29, 1.82) is 0 Å². The minimum absolute atomic E-state index is 0.255. The second-order valence-electron chi connectivity index (χ2n) is 3.96. The highest BCUT2D eigenvalue weighted by Crippen LogP contribution is 2.24. The highest BCUT2D eigenvalue weighted by molar-refractivity contribution is 7.98. The van der Waals surface area contributed by atoms with E-state index in [4.69, 9.17) is 11.5 Å². The maximum Gasteiger partial charge on any atom is 0.250 e. The van der Waals surface area contributed by atoms with E-state index in [0.717, 1.165) is 12.2 Å². The van der Waals surface area contributed by atoms with Crippen LogP contribution in [-0.2, 0) is 0 Å². The summed E-state index contributed by atoms with van der Waals surface area (Å²) >= 11 is 1.79. The van der Waals surface area contributed by atoms with E-state index in [1.165, 1.54) is 0 Å². The monoisotopic (exact) mass is 253 g/mol. The molecule has 0 aliphatic rings. The summed E-state index contributed by atoms with van der Waals surface area (Å²) in [7, 11) is 0. The molecule has 0 aromatic heterocycles. The van der Waals surface area contributed by atoms with Gasteiger partial charge < -0.3 is 16.8 Å². The van der Waals surface area contributed by atoms with Gasteiger partial charge in [0.15, 0.2) is 0 Å². The van der Waals surface area contributed by atoms with Crippen LogP contribution in [0.25, 0.3) is 0 Å². The summed E-state index contributed by atoms with van der Waals surface area (Å²) < 4.78 is 0. The Hall–Kier alpha value is -1.36. The molecular formula is C12H19N3OS. The molecule has 0 aliphatic heterocycles. The van der Waals surface area contributed by atoms with Crippen LogP contribution >= 0.6 is 11.8 Å². The molecular weight excluding hydrogens is 234 g/mol. The topological polar surface area (TPSA) is 81.1 Å². The van der Waals surface area contributed by atoms with Crippen molar-refractivity contribution in [2.24, 2.45) is 5.73 Å². The van der Waals surface area contributed by atoms with Crippen molar-refractivity contribution in [3.8, 4) is 0 Å². The number of thioether (sulfide) groups is 1. The molecule has 0 fully saturated rings. The van der Waals surface area contributed by atoms with Gasteiger partial charge in [0.25, 0.3) is 5.91 Å². The molecule has 0 aliphatic carbocycles. The fourth-order valence-electron chi connectivity index (χ4n) is 1.55. The minimum Gasteiger partial charge on any atom is -0.397 e. The molecule has 0 heterocycles. The molecule has 0 saturated heterocycles. The van der Waals surface area contributed by atoms with Gasteiger partial charge in [0.1, 0.15) is 0 Å². The molecule has 0 spiro atoms. The summed E-state index contributed by atoms with van der Waals surface area (Å²) in [6.45, 7) is 2.06. The van der Waals surface area contributed by atoms with Crippen LogP contribution < -0.4 is 16.8 Å². The van der Waals surface area contributed by atoms with Gasteiger partial charge in [0, 0.05) is 6.04 Å². The number of amides is 1. The van der Waals surface area contributed by atoms with Crippen LogP contribution in [0.2, 0.25) is 0 Å². The lowest BCUT2D eigenvalue weighted by molar-refractivity contribution is 0.100. The van der Waals surface area contributed by atoms with Crippen LogP contribution in [0.1, 0.15) is 23.7 Å². The van der Waals surface area contributed by atoms with Crippen molar-refractivity contribution in [3.63, 3.8) is 0 Å². The maximum atomic E-state index is 11.3. The normalized spacial score (nSPS) is 12.1. The first-order valence-electron chi connectivity index (χ1n) is 5.50. The molecule has 1 rings (SSSR count). The Morgan fingerprint density at radius 3 is 2.82 bits per heavy atom. The molecule has 1 aromatic carbocycles. The number of benzene rings is 1. The van der Waals surface area contributed by atoms with Gasteiger partial charge in [-0.05, 0) is 37.5 Å². The van der Waals surface area contributed by atoms with Gasteiger partial charge in [-0.2, -0.15) is 11.8 Å². The van der Waals surface area contributed by atoms with Crippen molar-refractivity contribution >= 4 is 29.0 Å². The van der Waals surface area contributed by atoms with Crippen LogP contribution in [0.15, 0.2) is 18.2 Å². The number of carbonyl (C=O) groups is 1. The van der Waals surface area contributed by atoms with E-state index in [0.29, 0.717) is 16.9 Å². The lowest BCUT2D eigenvalue weighted by Gasteiger charge is -2.18. The first kappa shape index (κ1) is 13.7. The maximum absolute atomic E-state index is 11.3. The molecule has 17 heavy (non-hydrogen) atoms. The molecule has 1 amide bonds. The predicted molar refractivity (Wildman–Crippen MR) is 75.5 cm³/mol. The number of hydrogen-bond donors (Lipinski definition) is 3. The summed E-state index contributed by atoms with van der Waals surface area (Å²) in [6, 6.07) is 5.43. The minimum atomic E-state index is -0.461. The Morgan fingerprint density at radius 1 is 1.53 bits per heavy atom. The highest BCUT2D eigenvalue weighted by atomic mass is 32.2. The number of para-hydroxylation sites is 1. The third-order valence-electron chi connectivity index (χ3n) is 2.51. The fourth-order valence-corrected chi connectivity index (χ4v) is 2.14. The third kappa shape index (κ3) is 3.85. The van der Waals surface area contributed by atoms with E-state index in [9.17, 15) is 4.79 Å². The molecule has 1 aromatic rings. The summed E-state index contributed by atoms with van der Waals surface area (Å²) in [6.07, 6.45) is 3.08. The fraction of sp³-hybridized carbons (Fsp3) is 0.417. The van der Waals surface area contributed by atoms with E-state index >= 15 is 0 Å². The smallest absolute Gasteiger partial charge is 0.250 e. The van der Waals surface area contributed by atoms with Crippen molar-refractivity contribution in [2.75, 3.05) is 23.1 Å². The van der Waals surface area contributed by atoms with Gasteiger partial charge in [-0.25, -0.2) is 0 Å². The number of anilines is 2. The van der Waals surface area contributed by atoms with Gasteiger partial charge in [0.05, 0.1) is 16.9 Å². The average molecular weight is 253 g/mol. The number of nitrogens with one attached hydrogen (secondary N) is 1. The lowest BCUT2D eigenvalue weighted by atomic mass is 10.1. The van der Waals surface area contributed by atoms with Crippen LogP contribution in [0.5, 0.6) is 0 Å². The van der Waals surface area contributed by atoms with E-state index in [1.807, 2.05) is 0 Å². The summed E-state index contributed by atoms with van der Waals surface area (Å²) in [5.41, 5.74) is 12.8. The molecule has 0 radical (unpaired) electrons. The van der Waals surface area contributed by atoms with E-state index in [-0.39, 0.29) is 6.04 Å². The quantitative estimate of drug-likeness (QED) is 0.677. The van der Waals surface area contributed by atoms with Crippen LogP contribution in [-0.4, -0.2) is 24.0 Å². The molecule has 4 nitrogen and oxygen atoms in total. The molecule has 0 bridgehead atoms. The molecule has 1 unspecified atom stereocenters. The number of rotatable bonds is 6. The molecule has 94 valence electrons. The summed E-state index contributed by atoms with van der Waals surface area (Å²) in [4.78, 5) is 11.3. The second kappa shape index (κ2) is 6.39. The Labute approximate surface area is 106 Å². The summed E-state index contributed by atoms with van der Waals surface area (Å²) in [5.74, 6) is 0.601. The van der Waals surface area contributed by atoms with Gasteiger partial charge in [0.2, 0.25) is 0 Å². The lowest BCUT2D eigenvalue weighted by Crippen LogP contribution is -2.21. The molecule has 1 atom stereocenters. The Kier molecular flexibility index (Phi) is 5.15. The van der Waals surface area contributed by atoms with E-state index in [1.54, 1.807) is 30.0 Å². The van der Waals surface area contributed by atoms with Crippen molar-refractivity contribution in [1.82, 2.24) is 0 Å². The van der Waals surface area contributed by atoms with Crippen LogP contribution in [0.3, 0.4) is 0 Å². The SMILES string of the molecule is CSCCC(C)Nc1c(N)cccc1C(N)=O. The second-order valence-corrected chi connectivity index (χ2v) is 4.95. The van der Waals surface area contributed by atoms with Gasteiger partial charge in [-0.3, -0.25) is 4.79 Å². The molecule has 0 saturated carbocycles. The number of primary amides is 1. The number of nitrogen functional groups attached to an aromatic ring is 1. The number of hydrogen-bond acceptors (Lipinski definition) is 4. The predicted octanol–water partition coefficient (Wildman–Crippen LogP) is 1.92. The van der Waals surface area contributed by atoms with Crippen molar-refractivity contribution in [3.05, 3.63) is 23.8 Å². The van der Waals surface area contributed by atoms with E-state index in [2.05, 4.69) is 18.5 Å². The standard InChI is InChI=1S/C12H19N3OS/c1-8(6-7-17-2)15-11-9(12(14)16)4-3-5-10(11)13/h3-5,8,15H,6-7,13H2,1-2H3,(H2,14,16). The van der Waals surface area contributed by atoms with Gasteiger partial charge in [-0.1, -0.05) is 6.07 Å². The van der Waals surface area contributed by atoms with E-state index < -0.39 is 5.91 Å². The van der Waals surface area contributed by atoms with Gasteiger partial charge in [-0.15, -0.1) is 0 Å². The van der Waals surface area contributed by atoms with Gasteiger partial charge >= 0.3 is 0 Å². The molecule has 5 N–H and O–H groups in total. The zero-order chi connectivity index (χ0) is 12.8. The first-order valence-corrected chi connectivity index (χ1v) is 6.89. The number of nitrogens with two attached hydrogens (primary N) is 2. The van der Waals surface area contributed by atoms with Crippen molar-refractivity contribution in [2.45, 2.75) is 19.4 Å². The third-order valence-corrected chi connectivity index (χ3v) is 3.15. The highest BCUT2D eigenvalue weighted by Gasteiger charge is 2.12. The Balaban J connectivity index is 2.85. The summed E-state index contributed by atoms with van der Waals surface area (Å²) in [5, 5.41) is 3.26. The Bertz CT molecular complexity index is 395. The average Bonchev–Trinajstić information content (AvgIpc) is 2.28. The zero-order valence-electron chi connectivity index (χ0n) is 10.2. The first-order chi connectivity index (χ1) is 8.06. The van der Waals surface area contributed by atoms with Crippen LogP contribution in [0.4, 0.5) is 11.4 Å². The van der Waals surface area contributed by atoms with Crippen LogP contribution in [0, 0.1) is 0 Å². The largest absolute Gasteiger partial charge is 0.397 e. The van der Waals surface area contributed by atoms with Crippen molar-refractivity contribution < 1.29 is 4.79 Å². The Morgan fingerprint density at radius 2 is 2.24 bits per heavy atom. The molecule has 5 heteroatoms. The zero-order valence-corrected chi connectivity index (χ0v) is 11.0.